The van der Waals surface area contributed by atoms with E-state index in [2.05, 4.69) is 5.32 Å². The van der Waals surface area contributed by atoms with Crippen LogP contribution in [0.5, 0.6) is 0 Å². The van der Waals surface area contributed by atoms with Crippen LogP contribution in [0.4, 0.5) is 0 Å². The Labute approximate surface area is 102 Å². The zero-order chi connectivity index (χ0) is 12.8. The zero-order valence-corrected chi connectivity index (χ0v) is 10.4. The van der Waals surface area contributed by atoms with Crippen LogP contribution in [0.25, 0.3) is 0 Å². The second kappa shape index (κ2) is 6.03. The maximum Gasteiger partial charge on any atom is 0.251 e. The fraction of sp³-hybridized carbons (Fsp3) is 0.385. The highest BCUT2D eigenvalue weighted by Gasteiger charge is 2.13. The lowest BCUT2D eigenvalue weighted by Gasteiger charge is -2.16. The Hall–Kier alpha value is -1.84. The largest absolute Gasteiger partial charge is 0.349 e. The second-order valence-electron chi connectivity index (χ2n) is 4.23. The molecule has 0 heterocycles. The van der Waals surface area contributed by atoms with Crippen molar-refractivity contribution < 1.29 is 9.59 Å². The van der Waals surface area contributed by atoms with Crippen LogP contribution in [0.3, 0.4) is 0 Å². The van der Waals surface area contributed by atoms with Crippen molar-refractivity contribution in [3.63, 3.8) is 0 Å². The molecule has 0 aliphatic rings. The summed E-state index contributed by atoms with van der Waals surface area (Å²) in [5, 5.41) is 2.80. The number of hydrogen-bond acceptors (Lipinski definition) is 2. The molecule has 0 aromatic heterocycles. The van der Waals surface area contributed by atoms with Crippen molar-refractivity contribution in [1.29, 1.82) is 0 Å². The smallest absolute Gasteiger partial charge is 0.251 e. The quantitative estimate of drug-likeness (QED) is 0.853. The van der Waals surface area contributed by atoms with E-state index in [1.165, 1.54) is 4.90 Å². The van der Waals surface area contributed by atoms with E-state index in [1.54, 1.807) is 26.2 Å². The van der Waals surface area contributed by atoms with Crippen molar-refractivity contribution in [3.8, 4) is 0 Å². The van der Waals surface area contributed by atoms with E-state index in [0.717, 1.165) is 0 Å². The highest BCUT2D eigenvalue weighted by Crippen LogP contribution is 2.01. The molecule has 1 rings (SSSR count). The summed E-state index contributed by atoms with van der Waals surface area (Å²) in [6, 6.07) is 8.80. The molecule has 4 nitrogen and oxygen atoms in total. The number of rotatable bonds is 4. The minimum Gasteiger partial charge on any atom is -0.349 e. The second-order valence-corrected chi connectivity index (χ2v) is 4.23. The molecule has 0 spiro atoms. The number of nitrogens with one attached hydrogen (secondary N) is 1. The minimum absolute atomic E-state index is 0.00543. The Kier molecular flexibility index (Phi) is 4.69. The van der Waals surface area contributed by atoms with Crippen molar-refractivity contribution in [2.75, 3.05) is 14.1 Å². The Morgan fingerprint density at radius 3 is 2.35 bits per heavy atom. The first-order chi connectivity index (χ1) is 8.00. The number of nitrogens with zero attached hydrogens (tertiary/aromatic N) is 1. The number of hydrogen-bond donors (Lipinski definition) is 1. The maximum atomic E-state index is 11.8. The maximum absolute atomic E-state index is 11.8. The summed E-state index contributed by atoms with van der Waals surface area (Å²) in [5.41, 5.74) is 0.608. The number of benzene rings is 1. The predicted octanol–water partition coefficient (Wildman–Crippen LogP) is 1.28. The van der Waals surface area contributed by atoms with E-state index < -0.39 is 0 Å². The molecule has 0 aliphatic heterocycles. The van der Waals surface area contributed by atoms with Crippen LogP contribution in [-0.2, 0) is 4.79 Å². The van der Waals surface area contributed by atoms with E-state index in [0.29, 0.717) is 12.0 Å². The first-order valence-corrected chi connectivity index (χ1v) is 5.56. The summed E-state index contributed by atoms with van der Waals surface area (Å²) in [6.45, 7) is 1.82. The lowest BCUT2D eigenvalue weighted by Crippen LogP contribution is -2.36. The van der Waals surface area contributed by atoms with Crippen molar-refractivity contribution in [1.82, 2.24) is 10.2 Å². The molecular weight excluding hydrogens is 216 g/mol. The zero-order valence-electron chi connectivity index (χ0n) is 10.4. The van der Waals surface area contributed by atoms with Crippen molar-refractivity contribution >= 4 is 11.8 Å². The van der Waals surface area contributed by atoms with Gasteiger partial charge in [-0.3, -0.25) is 9.59 Å². The third-order valence-electron chi connectivity index (χ3n) is 2.39. The topological polar surface area (TPSA) is 49.4 Å². The Morgan fingerprint density at radius 2 is 1.82 bits per heavy atom. The molecule has 1 aromatic carbocycles. The highest BCUT2D eigenvalue weighted by molar-refractivity contribution is 5.94. The standard InChI is InChI=1S/C13H18N2O2/c1-10(9-12(16)15(2)3)14-13(17)11-7-5-4-6-8-11/h4-8,10H,9H2,1-3H3,(H,14,17)/t10-/m1/s1. The average molecular weight is 234 g/mol. The van der Waals surface area contributed by atoms with E-state index in [-0.39, 0.29) is 17.9 Å². The molecule has 4 heteroatoms. The Balaban J connectivity index is 2.50. The van der Waals surface area contributed by atoms with Crippen molar-refractivity contribution in [3.05, 3.63) is 35.9 Å². The van der Waals surface area contributed by atoms with Crippen LogP contribution in [0.2, 0.25) is 0 Å². The Bertz CT molecular complexity index is 388. The van der Waals surface area contributed by atoms with Crippen LogP contribution in [0.15, 0.2) is 30.3 Å². The lowest BCUT2D eigenvalue weighted by atomic mass is 10.1. The van der Waals surface area contributed by atoms with Gasteiger partial charge in [0.25, 0.3) is 5.91 Å². The third kappa shape index (κ3) is 4.26. The number of amides is 2. The van der Waals surface area contributed by atoms with Gasteiger partial charge in [-0.15, -0.1) is 0 Å². The van der Waals surface area contributed by atoms with Crippen molar-refractivity contribution in [2.24, 2.45) is 0 Å². The molecule has 17 heavy (non-hydrogen) atoms. The molecule has 92 valence electrons. The summed E-state index contributed by atoms with van der Waals surface area (Å²) in [7, 11) is 3.40. The van der Waals surface area contributed by atoms with Gasteiger partial charge in [-0.2, -0.15) is 0 Å². The molecule has 0 fully saturated rings. The SMILES string of the molecule is C[C@H](CC(=O)N(C)C)NC(=O)c1ccccc1. The fourth-order valence-corrected chi connectivity index (χ4v) is 1.39. The fourth-order valence-electron chi connectivity index (χ4n) is 1.39. The minimum atomic E-state index is -0.169. The van der Waals surface area contributed by atoms with E-state index in [1.807, 2.05) is 25.1 Å². The van der Waals surface area contributed by atoms with Crippen LogP contribution in [-0.4, -0.2) is 36.9 Å². The number of carbonyl (C=O) groups is 2. The van der Waals surface area contributed by atoms with Gasteiger partial charge in [-0.05, 0) is 19.1 Å². The summed E-state index contributed by atoms with van der Waals surface area (Å²) in [5.74, 6) is -0.143. The summed E-state index contributed by atoms with van der Waals surface area (Å²) in [4.78, 5) is 24.7. The third-order valence-corrected chi connectivity index (χ3v) is 2.39. The Morgan fingerprint density at radius 1 is 1.24 bits per heavy atom. The molecule has 1 N–H and O–H groups in total. The van der Waals surface area contributed by atoms with Gasteiger partial charge in [-0.1, -0.05) is 18.2 Å². The van der Waals surface area contributed by atoms with Gasteiger partial charge >= 0.3 is 0 Å². The van der Waals surface area contributed by atoms with Gasteiger partial charge in [0.2, 0.25) is 5.91 Å². The molecule has 0 saturated heterocycles. The molecule has 0 bridgehead atoms. The van der Waals surface area contributed by atoms with Crippen LogP contribution >= 0.6 is 0 Å². The molecule has 1 atom stereocenters. The van der Waals surface area contributed by atoms with Crippen LogP contribution in [0, 0.1) is 0 Å². The van der Waals surface area contributed by atoms with Gasteiger partial charge in [0.1, 0.15) is 0 Å². The monoisotopic (exact) mass is 234 g/mol. The van der Waals surface area contributed by atoms with E-state index >= 15 is 0 Å². The normalized spacial score (nSPS) is 11.7. The highest BCUT2D eigenvalue weighted by atomic mass is 16.2. The van der Waals surface area contributed by atoms with Gasteiger partial charge in [-0.25, -0.2) is 0 Å². The van der Waals surface area contributed by atoms with Crippen LogP contribution < -0.4 is 5.32 Å². The first-order valence-electron chi connectivity index (χ1n) is 5.56. The molecule has 0 aliphatic carbocycles. The predicted molar refractivity (Wildman–Crippen MR) is 66.7 cm³/mol. The summed E-state index contributed by atoms with van der Waals surface area (Å²) >= 11 is 0. The molecular formula is C13H18N2O2. The van der Waals surface area contributed by atoms with Crippen LogP contribution in [0.1, 0.15) is 23.7 Å². The summed E-state index contributed by atoms with van der Waals surface area (Å²) < 4.78 is 0. The molecule has 0 saturated carbocycles. The summed E-state index contributed by atoms with van der Waals surface area (Å²) in [6.07, 6.45) is 0.311. The van der Waals surface area contributed by atoms with Gasteiger partial charge < -0.3 is 10.2 Å². The molecule has 2 amide bonds. The van der Waals surface area contributed by atoms with Gasteiger partial charge in [0.05, 0.1) is 0 Å². The lowest BCUT2D eigenvalue weighted by molar-refractivity contribution is -0.129. The van der Waals surface area contributed by atoms with Crippen molar-refractivity contribution in [2.45, 2.75) is 19.4 Å². The molecule has 1 aromatic rings. The van der Waals surface area contributed by atoms with Gasteiger partial charge in [0.15, 0.2) is 0 Å². The molecule has 0 unspecified atom stereocenters. The van der Waals surface area contributed by atoms with E-state index in [9.17, 15) is 9.59 Å². The number of carbonyl (C=O) groups excluding carboxylic acids is 2. The van der Waals surface area contributed by atoms with Gasteiger partial charge in [0, 0.05) is 32.1 Å². The molecule has 0 radical (unpaired) electrons. The van der Waals surface area contributed by atoms with E-state index in [4.69, 9.17) is 0 Å². The average Bonchev–Trinajstić information content (AvgIpc) is 2.29. The first kappa shape index (κ1) is 13.2.